The van der Waals surface area contributed by atoms with Crippen LogP contribution in [-0.2, 0) is 23.8 Å². The van der Waals surface area contributed by atoms with Gasteiger partial charge in [-0.2, -0.15) is 0 Å². The highest BCUT2D eigenvalue weighted by Gasteiger charge is 2.13. The van der Waals surface area contributed by atoms with E-state index >= 15 is 0 Å². The number of carbonyl (C=O) groups is 2. The van der Waals surface area contributed by atoms with E-state index in [2.05, 4.69) is 6.92 Å². The van der Waals surface area contributed by atoms with Crippen molar-refractivity contribution in [1.82, 2.24) is 0 Å². The summed E-state index contributed by atoms with van der Waals surface area (Å²) in [5.74, 6) is 0.214. The summed E-state index contributed by atoms with van der Waals surface area (Å²) in [4.78, 5) is 23.3. The van der Waals surface area contributed by atoms with Crippen molar-refractivity contribution in [2.75, 3.05) is 26.9 Å². The fourth-order valence-electron chi connectivity index (χ4n) is 2.27. The second-order valence-corrected chi connectivity index (χ2v) is 6.76. The number of hydrogen-bond acceptors (Lipinski definition) is 5. The van der Waals surface area contributed by atoms with Crippen LogP contribution in [0.25, 0.3) is 0 Å². The monoisotopic (exact) mass is 344 g/mol. The molecule has 24 heavy (non-hydrogen) atoms. The smallest absolute Gasteiger partial charge is 0.305 e. The zero-order valence-electron chi connectivity index (χ0n) is 16.0. The highest BCUT2D eigenvalue weighted by molar-refractivity contribution is 5.72. The molecule has 0 amide bonds. The maximum absolute atomic E-state index is 11.8. The Kier molecular flexibility index (Phi) is 14.7. The van der Waals surface area contributed by atoms with Gasteiger partial charge in [0.1, 0.15) is 0 Å². The van der Waals surface area contributed by atoms with Gasteiger partial charge in [0.25, 0.3) is 0 Å². The number of esters is 2. The van der Waals surface area contributed by atoms with Crippen LogP contribution in [0.5, 0.6) is 0 Å². The van der Waals surface area contributed by atoms with Gasteiger partial charge in [-0.05, 0) is 31.1 Å². The number of unbranched alkanes of at least 4 members (excludes halogenated alkanes) is 2. The average Bonchev–Trinajstić information content (AvgIpc) is 2.55. The molecule has 0 aromatic heterocycles. The lowest BCUT2D eigenvalue weighted by atomic mass is 9.99. The van der Waals surface area contributed by atoms with Crippen molar-refractivity contribution in [3.63, 3.8) is 0 Å². The lowest BCUT2D eigenvalue weighted by Crippen LogP contribution is -2.16. The van der Waals surface area contributed by atoms with Crippen LogP contribution in [-0.4, -0.2) is 38.9 Å². The first-order chi connectivity index (χ1) is 11.5. The molecule has 1 unspecified atom stereocenters. The van der Waals surface area contributed by atoms with E-state index < -0.39 is 0 Å². The van der Waals surface area contributed by atoms with Crippen LogP contribution < -0.4 is 0 Å². The molecule has 1 atom stereocenters. The standard InChI is InChI=1S/C19H36O5/c1-5-6-7-9-17(12-13-22-4)15-24-19(21)11-8-10-18(20)23-14-16(2)3/h16-17H,5-15H2,1-4H3. The van der Waals surface area contributed by atoms with Gasteiger partial charge in [0.05, 0.1) is 13.2 Å². The Morgan fingerprint density at radius 3 is 2.04 bits per heavy atom. The van der Waals surface area contributed by atoms with E-state index in [-0.39, 0.29) is 24.8 Å². The number of ether oxygens (including phenoxy) is 3. The van der Waals surface area contributed by atoms with Gasteiger partial charge in [0.2, 0.25) is 0 Å². The quantitative estimate of drug-likeness (QED) is 0.330. The molecule has 0 saturated heterocycles. The Labute approximate surface area is 147 Å². The van der Waals surface area contributed by atoms with E-state index in [1.165, 1.54) is 12.8 Å². The molecule has 0 saturated carbocycles. The van der Waals surface area contributed by atoms with E-state index in [1.807, 2.05) is 13.8 Å². The summed E-state index contributed by atoms with van der Waals surface area (Å²) in [6.45, 7) is 7.73. The van der Waals surface area contributed by atoms with Crippen LogP contribution in [0, 0.1) is 11.8 Å². The third-order valence-electron chi connectivity index (χ3n) is 3.77. The summed E-state index contributed by atoms with van der Waals surface area (Å²) >= 11 is 0. The van der Waals surface area contributed by atoms with Crippen LogP contribution in [0.15, 0.2) is 0 Å². The molecule has 0 fully saturated rings. The Bertz CT molecular complexity index is 328. The topological polar surface area (TPSA) is 61.8 Å². The van der Waals surface area contributed by atoms with Crippen molar-refractivity contribution in [3.05, 3.63) is 0 Å². The minimum absolute atomic E-state index is 0.232. The van der Waals surface area contributed by atoms with E-state index in [4.69, 9.17) is 14.2 Å². The van der Waals surface area contributed by atoms with Crippen molar-refractivity contribution in [2.45, 2.75) is 72.1 Å². The summed E-state index contributed by atoms with van der Waals surface area (Å²) in [6.07, 6.45) is 6.53. The molecule has 0 aromatic rings. The summed E-state index contributed by atoms with van der Waals surface area (Å²) in [7, 11) is 1.69. The molecule has 5 heteroatoms. The van der Waals surface area contributed by atoms with Crippen LogP contribution in [0.4, 0.5) is 0 Å². The fraction of sp³-hybridized carbons (Fsp3) is 0.895. The SMILES string of the molecule is CCCCCC(CCOC)COC(=O)CCCC(=O)OCC(C)C. The van der Waals surface area contributed by atoms with Gasteiger partial charge in [-0.25, -0.2) is 0 Å². The molecule has 0 aliphatic rings. The third kappa shape index (κ3) is 14.5. The second-order valence-electron chi connectivity index (χ2n) is 6.76. The minimum atomic E-state index is -0.242. The van der Waals surface area contributed by atoms with Gasteiger partial charge < -0.3 is 14.2 Å². The van der Waals surface area contributed by atoms with E-state index in [9.17, 15) is 9.59 Å². The van der Waals surface area contributed by atoms with Crippen molar-refractivity contribution in [1.29, 1.82) is 0 Å². The lowest BCUT2D eigenvalue weighted by Gasteiger charge is -2.16. The molecule has 5 nitrogen and oxygen atoms in total. The summed E-state index contributed by atoms with van der Waals surface area (Å²) in [6, 6.07) is 0. The lowest BCUT2D eigenvalue weighted by molar-refractivity contribution is -0.146. The Morgan fingerprint density at radius 1 is 0.875 bits per heavy atom. The highest BCUT2D eigenvalue weighted by atomic mass is 16.5. The van der Waals surface area contributed by atoms with E-state index in [0.29, 0.717) is 38.1 Å². The first-order valence-corrected chi connectivity index (χ1v) is 9.29. The summed E-state index contributed by atoms with van der Waals surface area (Å²) in [5, 5.41) is 0. The molecule has 142 valence electrons. The van der Waals surface area contributed by atoms with Crippen LogP contribution in [0.3, 0.4) is 0 Å². The molecule has 0 heterocycles. The molecule has 0 N–H and O–H groups in total. The Morgan fingerprint density at radius 2 is 1.50 bits per heavy atom. The first-order valence-electron chi connectivity index (χ1n) is 9.29. The molecule has 0 radical (unpaired) electrons. The van der Waals surface area contributed by atoms with Gasteiger partial charge in [0.15, 0.2) is 0 Å². The van der Waals surface area contributed by atoms with Gasteiger partial charge in [0, 0.05) is 26.6 Å². The molecule has 0 bridgehead atoms. The predicted molar refractivity (Wildman–Crippen MR) is 94.7 cm³/mol. The van der Waals surface area contributed by atoms with Crippen LogP contribution in [0.2, 0.25) is 0 Å². The number of rotatable bonds is 15. The molecule has 0 aliphatic carbocycles. The van der Waals surface area contributed by atoms with Crippen LogP contribution in [0.1, 0.15) is 72.1 Å². The summed E-state index contributed by atoms with van der Waals surface area (Å²) < 4.78 is 15.6. The zero-order valence-corrected chi connectivity index (χ0v) is 16.0. The van der Waals surface area contributed by atoms with Gasteiger partial charge in [-0.3, -0.25) is 9.59 Å². The maximum Gasteiger partial charge on any atom is 0.305 e. The first kappa shape index (κ1) is 22.9. The number of methoxy groups -OCH3 is 1. The predicted octanol–water partition coefficient (Wildman–Crippen LogP) is 4.13. The van der Waals surface area contributed by atoms with Gasteiger partial charge >= 0.3 is 11.9 Å². The van der Waals surface area contributed by atoms with Crippen LogP contribution >= 0.6 is 0 Å². The second kappa shape index (κ2) is 15.4. The Balaban J connectivity index is 3.87. The maximum atomic E-state index is 11.8. The van der Waals surface area contributed by atoms with Crippen molar-refractivity contribution in [3.8, 4) is 0 Å². The molecular weight excluding hydrogens is 308 g/mol. The molecule has 0 aromatic carbocycles. The fourth-order valence-corrected chi connectivity index (χ4v) is 2.27. The van der Waals surface area contributed by atoms with Crippen molar-refractivity contribution >= 4 is 11.9 Å². The minimum Gasteiger partial charge on any atom is -0.465 e. The zero-order chi connectivity index (χ0) is 18.2. The van der Waals surface area contributed by atoms with Gasteiger partial charge in [-0.1, -0.05) is 40.0 Å². The molecule has 0 aliphatic heterocycles. The molecular formula is C19H36O5. The number of carbonyl (C=O) groups excluding carboxylic acids is 2. The molecule has 0 rings (SSSR count). The highest BCUT2D eigenvalue weighted by Crippen LogP contribution is 2.15. The van der Waals surface area contributed by atoms with Crippen molar-refractivity contribution < 1.29 is 23.8 Å². The number of hydrogen-bond donors (Lipinski definition) is 0. The largest absolute Gasteiger partial charge is 0.465 e. The van der Waals surface area contributed by atoms with E-state index in [0.717, 1.165) is 19.3 Å². The van der Waals surface area contributed by atoms with Gasteiger partial charge in [-0.15, -0.1) is 0 Å². The van der Waals surface area contributed by atoms with E-state index in [1.54, 1.807) is 7.11 Å². The van der Waals surface area contributed by atoms with Crippen molar-refractivity contribution in [2.24, 2.45) is 11.8 Å². The Hall–Kier alpha value is -1.10. The molecule has 0 spiro atoms. The summed E-state index contributed by atoms with van der Waals surface area (Å²) in [5.41, 5.74) is 0. The normalized spacial score (nSPS) is 12.2. The average molecular weight is 344 g/mol. The third-order valence-corrected chi connectivity index (χ3v) is 3.77.